The molecule has 8 N–H and O–H groups in total. The summed E-state index contributed by atoms with van der Waals surface area (Å²) in [6.07, 6.45) is -10.8. The molecule has 0 aromatic rings. The summed E-state index contributed by atoms with van der Waals surface area (Å²) >= 11 is 0. The second-order valence-corrected chi connectivity index (χ2v) is 4.40. The van der Waals surface area contributed by atoms with Gasteiger partial charge < -0.3 is 40.4 Å². The summed E-state index contributed by atoms with van der Waals surface area (Å²) in [6, 6.07) is 0. The van der Waals surface area contributed by atoms with Crippen LogP contribution in [0.2, 0.25) is 0 Å². The molecular formula is C6H17CaO10P. The predicted octanol–water partition coefficient (Wildman–Crippen LogP) is -5.07. The fourth-order valence-electron chi connectivity index (χ4n) is 0.909. The molecule has 0 saturated carbocycles. The molecule has 1 unspecified atom stereocenters. The quantitative estimate of drug-likeness (QED) is 0.128. The molecule has 0 aromatic heterocycles. The van der Waals surface area contributed by atoms with E-state index in [2.05, 4.69) is 4.52 Å². The van der Waals surface area contributed by atoms with E-state index in [1.165, 1.54) is 0 Å². The van der Waals surface area contributed by atoms with Crippen LogP contribution in [0.1, 0.15) is 0 Å². The van der Waals surface area contributed by atoms with Crippen LogP contribution < -0.4 is 0 Å². The van der Waals surface area contributed by atoms with Gasteiger partial charge in [0.05, 0.1) is 6.61 Å². The van der Waals surface area contributed by atoms with Gasteiger partial charge in [0, 0.05) is 0 Å². The number of aliphatic hydroxyl groups excluding tert-OH is 6. The predicted molar refractivity (Wildman–Crippen MR) is 58.8 cm³/mol. The van der Waals surface area contributed by atoms with E-state index < -0.39 is 45.1 Å². The Hall–Kier alpha value is 1.13. The molecule has 0 bridgehead atoms. The van der Waals surface area contributed by atoms with E-state index in [1.807, 2.05) is 0 Å². The van der Waals surface area contributed by atoms with Crippen LogP contribution in [0.15, 0.2) is 0 Å². The number of phosphoric ester groups is 1. The fraction of sp³-hybridized carbons (Fsp3) is 1.00. The zero-order chi connectivity index (χ0) is 13.8. The average Bonchev–Trinajstić information content (AvgIpc) is 2.22. The first-order valence-corrected chi connectivity index (χ1v) is 5.88. The van der Waals surface area contributed by atoms with Crippen LogP contribution in [0.25, 0.3) is 0 Å². The Bertz CT molecular complexity index is 271. The Morgan fingerprint density at radius 3 is 1.72 bits per heavy atom. The number of aliphatic hydroxyl groups is 6. The van der Waals surface area contributed by atoms with E-state index in [0.717, 1.165) is 0 Å². The van der Waals surface area contributed by atoms with E-state index in [9.17, 15) is 9.67 Å². The zero-order valence-corrected chi connectivity index (χ0v) is 9.33. The molecule has 10 nitrogen and oxygen atoms in total. The zero-order valence-electron chi connectivity index (χ0n) is 8.44. The van der Waals surface area contributed by atoms with Gasteiger partial charge in [-0.1, -0.05) is 0 Å². The molecule has 18 heavy (non-hydrogen) atoms. The first-order valence-electron chi connectivity index (χ1n) is 4.35. The normalized spacial score (nSPS) is 20.4. The van der Waals surface area contributed by atoms with Crippen LogP contribution >= 0.6 is 7.82 Å². The third kappa shape index (κ3) is 7.65. The maximum absolute atomic E-state index is 10.3. The average molecular weight is 320 g/mol. The Morgan fingerprint density at radius 2 is 1.39 bits per heavy atom. The van der Waals surface area contributed by atoms with Crippen LogP contribution in [0, 0.1) is 0 Å². The minimum atomic E-state index is -5.09. The number of hydrogen-bond donors (Lipinski definition) is 8. The number of rotatable bonds is 7. The van der Waals surface area contributed by atoms with E-state index in [0.29, 0.717) is 0 Å². The molecule has 0 aliphatic rings. The van der Waals surface area contributed by atoms with Gasteiger partial charge in [-0.25, -0.2) is 4.57 Å². The fourth-order valence-corrected chi connectivity index (χ4v) is 1.32. The van der Waals surface area contributed by atoms with Gasteiger partial charge in [-0.3, -0.25) is 4.52 Å². The Labute approximate surface area is 132 Å². The third-order valence-corrected chi connectivity index (χ3v) is 2.31. The molecule has 0 radical (unpaired) electrons. The van der Waals surface area contributed by atoms with Gasteiger partial charge in [-0.05, 0) is 0 Å². The van der Waals surface area contributed by atoms with Crippen LogP contribution in [0.5, 0.6) is 0 Å². The van der Waals surface area contributed by atoms with Crippen molar-refractivity contribution in [1.82, 2.24) is 0 Å². The molecule has 0 fully saturated rings. The van der Waals surface area contributed by atoms with Crippen molar-refractivity contribution in [2.24, 2.45) is 0 Å². The molecule has 0 amide bonds. The topological polar surface area (TPSA) is 188 Å². The van der Waals surface area contributed by atoms with Gasteiger partial charge in [0.1, 0.15) is 24.4 Å². The SMILES string of the molecule is O=P(O)(O)OC(O)[C@@H](O)[C@@H](O)[C@H](O)[C@H](O)CO.[CaH2]. The third-order valence-electron chi connectivity index (χ3n) is 1.82. The molecule has 0 heterocycles. The summed E-state index contributed by atoms with van der Waals surface area (Å²) in [6.45, 7) is -0.930. The van der Waals surface area contributed by atoms with Crippen LogP contribution in [-0.4, -0.2) is 115 Å². The molecule has 0 aliphatic carbocycles. The Balaban J connectivity index is 0. The van der Waals surface area contributed by atoms with Crippen molar-refractivity contribution < 1.29 is 49.5 Å². The van der Waals surface area contributed by atoms with Crippen molar-refractivity contribution in [3.05, 3.63) is 0 Å². The number of hydrogen-bond acceptors (Lipinski definition) is 8. The van der Waals surface area contributed by atoms with Crippen molar-refractivity contribution in [2.75, 3.05) is 6.61 Å². The molecule has 0 aliphatic heterocycles. The van der Waals surface area contributed by atoms with Gasteiger partial charge in [0.15, 0.2) is 6.29 Å². The van der Waals surface area contributed by atoms with E-state index in [1.54, 1.807) is 0 Å². The van der Waals surface area contributed by atoms with E-state index in [-0.39, 0.29) is 37.7 Å². The first-order chi connectivity index (χ1) is 7.60. The van der Waals surface area contributed by atoms with Crippen molar-refractivity contribution >= 4 is 45.6 Å². The Kier molecular flexibility index (Phi) is 10.9. The van der Waals surface area contributed by atoms with Gasteiger partial charge in [-0.15, -0.1) is 0 Å². The minimum absolute atomic E-state index is 0. The molecule has 5 atom stereocenters. The van der Waals surface area contributed by atoms with Gasteiger partial charge in [-0.2, -0.15) is 0 Å². The van der Waals surface area contributed by atoms with Gasteiger partial charge in [0.2, 0.25) is 0 Å². The van der Waals surface area contributed by atoms with Crippen LogP contribution in [0.3, 0.4) is 0 Å². The van der Waals surface area contributed by atoms with Crippen molar-refractivity contribution in [2.45, 2.75) is 30.7 Å². The molecule has 12 heteroatoms. The monoisotopic (exact) mass is 320 g/mol. The summed E-state index contributed by atoms with van der Waals surface area (Å²) < 4.78 is 13.9. The van der Waals surface area contributed by atoms with Gasteiger partial charge >= 0.3 is 45.6 Å². The maximum atomic E-state index is 10.3. The van der Waals surface area contributed by atoms with Crippen molar-refractivity contribution in [1.29, 1.82) is 0 Å². The van der Waals surface area contributed by atoms with Crippen LogP contribution in [-0.2, 0) is 9.09 Å². The standard InChI is InChI=1S/C6H15O10P.Ca.2H/c7-1-2(8)3(9)4(10)5(11)6(12)16-17(13,14)15;;;/h2-12H,1H2,(H2,13,14,15);;;/t2-,3-,4+,5+,6?;;;/m1.../s1. The summed E-state index contributed by atoms with van der Waals surface area (Å²) in [5.41, 5.74) is 0. The van der Waals surface area contributed by atoms with Crippen LogP contribution in [0.4, 0.5) is 0 Å². The van der Waals surface area contributed by atoms with Crippen molar-refractivity contribution in [3.8, 4) is 0 Å². The molecule has 0 rings (SSSR count). The Morgan fingerprint density at radius 1 is 0.944 bits per heavy atom. The van der Waals surface area contributed by atoms with Gasteiger partial charge in [0.25, 0.3) is 0 Å². The molecule has 0 spiro atoms. The summed E-state index contributed by atoms with van der Waals surface area (Å²) in [5.74, 6) is 0. The summed E-state index contributed by atoms with van der Waals surface area (Å²) in [7, 11) is -5.09. The second kappa shape index (κ2) is 9.14. The molecule has 0 saturated heterocycles. The van der Waals surface area contributed by atoms with E-state index in [4.69, 9.17) is 35.3 Å². The van der Waals surface area contributed by atoms with Crippen molar-refractivity contribution in [3.63, 3.8) is 0 Å². The summed E-state index contributed by atoms with van der Waals surface area (Å²) in [4.78, 5) is 16.6. The summed E-state index contributed by atoms with van der Waals surface area (Å²) in [5, 5.41) is 53.8. The van der Waals surface area contributed by atoms with E-state index >= 15 is 0 Å². The molecule has 108 valence electrons. The molecule has 0 aromatic carbocycles. The first kappa shape index (κ1) is 21.4. The second-order valence-electron chi connectivity index (χ2n) is 3.21. The number of phosphoric acid groups is 1. The molecular weight excluding hydrogens is 303 g/mol.